The number of allylic oxidation sites excluding steroid dienone is 5. The minimum absolute atomic E-state index is 0.153. The highest BCUT2D eigenvalue weighted by Gasteiger charge is 2.41. The molecule has 28 heavy (non-hydrogen) atoms. The first kappa shape index (κ1) is 23.6. The predicted octanol–water partition coefficient (Wildman–Crippen LogP) is 4.78. The van der Waals surface area contributed by atoms with Crippen LogP contribution in [0.3, 0.4) is 0 Å². The van der Waals surface area contributed by atoms with Gasteiger partial charge < -0.3 is 9.47 Å². The van der Waals surface area contributed by atoms with E-state index in [1.54, 1.807) is 18.2 Å². The molecule has 0 aromatic rings. The molecule has 5 heteroatoms. The van der Waals surface area contributed by atoms with Gasteiger partial charge in [0.05, 0.1) is 7.11 Å². The van der Waals surface area contributed by atoms with Crippen molar-refractivity contribution in [2.24, 2.45) is 0 Å². The molecule has 0 radical (unpaired) electrons. The van der Waals surface area contributed by atoms with Gasteiger partial charge in [0.2, 0.25) is 0 Å². The Labute approximate surface area is 168 Å². The molecule has 154 valence electrons. The van der Waals surface area contributed by atoms with Crippen LogP contribution in [0.25, 0.3) is 0 Å². The van der Waals surface area contributed by atoms with Crippen LogP contribution in [0.15, 0.2) is 48.1 Å². The summed E-state index contributed by atoms with van der Waals surface area (Å²) in [4.78, 5) is 35.1. The third-order valence-electron chi connectivity index (χ3n) is 4.49. The Kier molecular flexibility index (Phi) is 10.8. The minimum Gasteiger partial charge on any atom is -0.469 e. The lowest BCUT2D eigenvalue weighted by Gasteiger charge is -2.27. The van der Waals surface area contributed by atoms with E-state index in [2.05, 4.69) is 17.7 Å². The number of esters is 2. The van der Waals surface area contributed by atoms with Crippen molar-refractivity contribution in [3.63, 3.8) is 0 Å². The van der Waals surface area contributed by atoms with Crippen molar-refractivity contribution in [1.82, 2.24) is 0 Å². The van der Waals surface area contributed by atoms with Gasteiger partial charge in [-0.2, -0.15) is 0 Å². The van der Waals surface area contributed by atoms with Gasteiger partial charge in [-0.15, -0.1) is 0 Å². The number of carbonyl (C=O) groups excluding carboxylic acids is 3. The molecule has 0 aromatic carbocycles. The van der Waals surface area contributed by atoms with Gasteiger partial charge >= 0.3 is 11.9 Å². The quantitative estimate of drug-likeness (QED) is 0.208. The van der Waals surface area contributed by atoms with Gasteiger partial charge in [-0.05, 0) is 37.8 Å². The van der Waals surface area contributed by atoms with Crippen molar-refractivity contribution >= 4 is 17.7 Å². The van der Waals surface area contributed by atoms with Gasteiger partial charge in [0, 0.05) is 25.3 Å². The highest BCUT2D eigenvalue weighted by molar-refractivity contribution is 6.09. The maximum atomic E-state index is 12.3. The van der Waals surface area contributed by atoms with Crippen molar-refractivity contribution in [3.8, 4) is 0 Å². The van der Waals surface area contributed by atoms with Crippen molar-refractivity contribution in [1.29, 1.82) is 0 Å². The zero-order valence-electron chi connectivity index (χ0n) is 17.2. The molecular weight excluding hydrogens is 356 g/mol. The smallest absolute Gasteiger partial charge is 0.305 e. The van der Waals surface area contributed by atoms with E-state index in [9.17, 15) is 14.4 Å². The number of ether oxygens (including phenoxy) is 2. The van der Waals surface area contributed by atoms with Crippen LogP contribution >= 0.6 is 0 Å². The lowest BCUT2D eigenvalue weighted by atomic mass is 9.91. The van der Waals surface area contributed by atoms with Crippen LogP contribution in [0.1, 0.15) is 65.2 Å². The van der Waals surface area contributed by atoms with E-state index < -0.39 is 11.6 Å². The molecule has 1 rings (SSSR count). The fourth-order valence-corrected chi connectivity index (χ4v) is 3.00. The van der Waals surface area contributed by atoms with Crippen molar-refractivity contribution in [2.45, 2.75) is 70.8 Å². The first-order valence-electron chi connectivity index (χ1n) is 9.97. The van der Waals surface area contributed by atoms with Gasteiger partial charge in [-0.25, -0.2) is 0 Å². The molecule has 0 fully saturated rings. The zero-order chi connectivity index (χ0) is 20.8. The standard InChI is InChI=1S/C23H32O5/c1-4-5-6-7-10-13-17-23(28-19(2)24)18-16-21(25)20(23)14-11-8-9-12-15-22(26)27-3/h8,10-11,13-14,16,18H,4-7,9,12,15,17H2,1-3H3/b11-8-,13-10-,20-14-/t23-/m0/s1. The molecule has 0 saturated carbocycles. The van der Waals surface area contributed by atoms with E-state index in [1.165, 1.54) is 33.0 Å². The number of unbranched alkanes of at least 4 members (excludes halogenated alkanes) is 4. The Morgan fingerprint density at radius 2 is 1.86 bits per heavy atom. The molecule has 0 bridgehead atoms. The number of rotatable bonds is 12. The summed E-state index contributed by atoms with van der Waals surface area (Å²) in [6.45, 7) is 3.51. The van der Waals surface area contributed by atoms with Crippen LogP contribution in [0.4, 0.5) is 0 Å². The summed E-state index contributed by atoms with van der Waals surface area (Å²) in [6.07, 6.45) is 19.2. The van der Waals surface area contributed by atoms with E-state index in [-0.39, 0.29) is 11.8 Å². The summed E-state index contributed by atoms with van der Waals surface area (Å²) in [7, 11) is 1.37. The van der Waals surface area contributed by atoms with Gasteiger partial charge in [0.15, 0.2) is 11.4 Å². The van der Waals surface area contributed by atoms with E-state index in [1.807, 2.05) is 12.2 Å². The van der Waals surface area contributed by atoms with E-state index in [0.717, 1.165) is 12.8 Å². The molecule has 0 aliphatic heterocycles. The van der Waals surface area contributed by atoms with Gasteiger partial charge in [0.1, 0.15) is 0 Å². The summed E-state index contributed by atoms with van der Waals surface area (Å²) in [5, 5.41) is 0. The first-order valence-corrected chi connectivity index (χ1v) is 9.97. The average molecular weight is 389 g/mol. The van der Waals surface area contributed by atoms with Crippen LogP contribution in [0.5, 0.6) is 0 Å². The topological polar surface area (TPSA) is 69.7 Å². The minimum atomic E-state index is -1.04. The second kappa shape index (κ2) is 12.9. The van der Waals surface area contributed by atoms with Gasteiger partial charge in [-0.1, -0.05) is 50.1 Å². The van der Waals surface area contributed by atoms with Gasteiger partial charge in [0.25, 0.3) is 0 Å². The molecule has 1 atom stereocenters. The monoisotopic (exact) mass is 388 g/mol. The molecule has 0 spiro atoms. The van der Waals surface area contributed by atoms with Crippen LogP contribution in [0.2, 0.25) is 0 Å². The van der Waals surface area contributed by atoms with Gasteiger partial charge in [-0.3, -0.25) is 14.4 Å². The first-order chi connectivity index (χ1) is 13.4. The Balaban J connectivity index is 2.79. The summed E-state index contributed by atoms with van der Waals surface area (Å²) in [6, 6.07) is 0. The maximum Gasteiger partial charge on any atom is 0.305 e. The lowest BCUT2D eigenvalue weighted by molar-refractivity contribution is -0.149. The molecular formula is C23H32O5. The lowest BCUT2D eigenvalue weighted by Crippen LogP contribution is -2.33. The molecule has 0 aromatic heterocycles. The fraction of sp³-hybridized carbons (Fsp3) is 0.522. The second-order valence-corrected chi connectivity index (χ2v) is 6.83. The number of methoxy groups -OCH3 is 1. The SMILES string of the molecule is CCCCC/C=C\C[C@]1(OC(C)=O)C=CC(=O)/C1=C/C=C\CCCC(=O)OC. The maximum absolute atomic E-state index is 12.3. The Morgan fingerprint density at radius 1 is 1.11 bits per heavy atom. The Hall–Kier alpha value is -2.43. The summed E-state index contributed by atoms with van der Waals surface area (Å²) in [5.74, 6) is -0.812. The number of carbonyl (C=O) groups is 3. The number of hydrogen-bond acceptors (Lipinski definition) is 5. The molecule has 0 heterocycles. The molecule has 0 unspecified atom stereocenters. The predicted molar refractivity (Wildman–Crippen MR) is 110 cm³/mol. The number of ketones is 1. The van der Waals surface area contributed by atoms with E-state index in [0.29, 0.717) is 31.3 Å². The molecule has 0 saturated heterocycles. The number of hydrogen-bond donors (Lipinski definition) is 0. The van der Waals surface area contributed by atoms with Crippen LogP contribution in [0, 0.1) is 0 Å². The highest BCUT2D eigenvalue weighted by Crippen LogP contribution is 2.34. The molecule has 1 aliphatic carbocycles. The van der Waals surface area contributed by atoms with Crippen LogP contribution < -0.4 is 0 Å². The van der Waals surface area contributed by atoms with Crippen molar-refractivity contribution < 1.29 is 23.9 Å². The molecule has 0 N–H and O–H groups in total. The summed E-state index contributed by atoms with van der Waals surface area (Å²) < 4.78 is 10.2. The average Bonchev–Trinajstić information content (AvgIpc) is 2.96. The fourth-order valence-electron chi connectivity index (χ4n) is 3.00. The van der Waals surface area contributed by atoms with Crippen LogP contribution in [-0.4, -0.2) is 30.4 Å². The second-order valence-electron chi connectivity index (χ2n) is 6.83. The molecule has 0 amide bonds. The summed E-state index contributed by atoms with van der Waals surface area (Å²) in [5.41, 5.74) is -0.592. The van der Waals surface area contributed by atoms with Crippen molar-refractivity contribution in [2.75, 3.05) is 7.11 Å². The largest absolute Gasteiger partial charge is 0.469 e. The molecule has 1 aliphatic rings. The Morgan fingerprint density at radius 3 is 2.54 bits per heavy atom. The normalized spacial score (nSPS) is 20.5. The van der Waals surface area contributed by atoms with E-state index >= 15 is 0 Å². The van der Waals surface area contributed by atoms with Crippen LogP contribution in [-0.2, 0) is 23.9 Å². The highest BCUT2D eigenvalue weighted by atomic mass is 16.6. The van der Waals surface area contributed by atoms with Crippen molar-refractivity contribution in [3.05, 3.63) is 48.1 Å². The summed E-state index contributed by atoms with van der Waals surface area (Å²) >= 11 is 0. The zero-order valence-corrected chi connectivity index (χ0v) is 17.2. The third kappa shape index (κ3) is 8.07. The third-order valence-corrected chi connectivity index (χ3v) is 4.49. The molecule has 5 nitrogen and oxygen atoms in total. The Bertz CT molecular complexity index is 654. The van der Waals surface area contributed by atoms with E-state index in [4.69, 9.17) is 4.74 Å².